The molecule has 1 amide bonds. The van der Waals surface area contributed by atoms with Gasteiger partial charge in [0.2, 0.25) is 5.91 Å². The standard InChI is InChI=1S/C21H20ClN3O3/c1-28-16-10-8-15(9-11-16)18-12-13-21(27)25(24-18)14-4-7-20(26)23-19-6-3-2-5-17(19)22/h2-3,5-6,8-13H,4,7,14H2,1H3,(H,23,26). The molecule has 0 aliphatic rings. The molecule has 0 unspecified atom stereocenters. The van der Waals surface area contributed by atoms with Crippen LogP contribution in [0.5, 0.6) is 5.75 Å². The predicted octanol–water partition coefficient (Wildman–Crippen LogP) is 3.99. The first-order chi connectivity index (χ1) is 13.6. The molecule has 3 aromatic rings. The van der Waals surface area contributed by atoms with Gasteiger partial charge >= 0.3 is 0 Å². The molecular formula is C21H20ClN3O3. The van der Waals surface area contributed by atoms with E-state index in [1.807, 2.05) is 24.3 Å². The molecule has 28 heavy (non-hydrogen) atoms. The van der Waals surface area contributed by atoms with Gasteiger partial charge in [-0.1, -0.05) is 23.7 Å². The summed E-state index contributed by atoms with van der Waals surface area (Å²) >= 11 is 6.04. The number of ether oxygens (including phenoxy) is 1. The number of nitrogens with one attached hydrogen (secondary N) is 1. The molecule has 0 bridgehead atoms. The topological polar surface area (TPSA) is 73.2 Å². The molecule has 0 saturated heterocycles. The summed E-state index contributed by atoms with van der Waals surface area (Å²) in [7, 11) is 1.61. The summed E-state index contributed by atoms with van der Waals surface area (Å²) in [5, 5.41) is 7.66. The Balaban J connectivity index is 1.61. The van der Waals surface area contributed by atoms with E-state index < -0.39 is 0 Å². The van der Waals surface area contributed by atoms with Gasteiger partial charge in [-0.15, -0.1) is 0 Å². The first-order valence-corrected chi connectivity index (χ1v) is 9.21. The van der Waals surface area contributed by atoms with Crippen molar-refractivity contribution in [2.45, 2.75) is 19.4 Å². The van der Waals surface area contributed by atoms with Gasteiger partial charge in [0.05, 0.1) is 23.5 Å². The van der Waals surface area contributed by atoms with E-state index >= 15 is 0 Å². The van der Waals surface area contributed by atoms with E-state index in [0.717, 1.165) is 11.3 Å². The van der Waals surface area contributed by atoms with Crippen molar-refractivity contribution in [3.8, 4) is 17.0 Å². The van der Waals surface area contributed by atoms with Gasteiger partial charge in [-0.2, -0.15) is 5.10 Å². The molecule has 1 aromatic heterocycles. The zero-order valence-corrected chi connectivity index (χ0v) is 16.1. The van der Waals surface area contributed by atoms with Crippen molar-refractivity contribution in [1.29, 1.82) is 0 Å². The van der Waals surface area contributed by atoms with E-state index in [4.69, 9.17) is 16.3 Å². The SMILES string of the molecule is COc1ccc(-c2ccc(=O)n(CCCC(=O)Nc3ccccc3Cl)n2)cc1. The van der Waals surface area contributed by atoms with E-state index in [-0.39, 0.29) is 17.9 Å². The van der Waals surface area contributed by atoms with Crippen LogP contribution in [0, 0.1) is 0 Å². The van der Waals surface area contributed by atoms with Crippen LogP contribution < -0.4 is 15.6 Å². The average molecular weight is 398 g/mol. The minimum atomic E-state index is -0.205. The van der Waals surface area contributed by atoms with Gasteiger partial charge in [-0.3, -0.25) is 9.59 Å². The highest BCUT2D eigenvalue weighted by atomic mass is 35.5. The number of para-hydroxylation sites is 1. The van der Waals surface area contributed by atoms with Crippen molar-refractivity contribution in [3.63, 3.8) is 0 Å². The van der Waals surface area contributed by atoms with Gasteiger partial charge in [0.1, 0.15) is 5.75 Å². The van der Waals surface area contributed by atoms with E-state index in [2.05, 4.69) is 10.4 Å². The van der Waals surface area contributed by atoms with Gasteiger partial charge in [0, 0.05) is 24.6 Å². The maximum Gasteiger partial charge on any atom is 0.266 e. The van der Waals surface area contributed by atoms with Crippen molar-refractivity contribution in [2.24, 2.45) is 0 Å². The maximum atomic E-state index is 12.1. The molecule has 1 heterocycles. The zero-order valence-electron chi connectivity index (χ0n) is 15.4. The summed E-state index contributed by atoms with van der Waals surface area (Å²) in [5.41, 5.74) is 1.93. The number of carbonyl (C=O) groups excluding carboxylic acids is 1. The highest BCUT2D eigenvalue weighted by Crippen LogP contribution is 2.21. The molecule has 7 heteroatoms. The largest absolute Gasteiger partial charge is 0.497 e. The van der Waals surface area contributed by atoms with Crippen LogP contribution in [0.2, 0.25) is 5.02 Å². The van der Waals surface area contributed by atoms with E-state index in [0.29, 0.717) is 29.4 Å². The smallest absolute Gasteiger partial charge is 0.266 e. The summed E-state index contributed by atoms with van der Waals surface area (Å²) in [4.78, 5) is 24.2. The molecule has 0 radical (unpaired) electrons. The lowest BCUT2D eigenvalue weighted by molar-refractivity contribution is -0.116. The van der Waals surface area contributed by atoms with E-state index in [1.54, 1.807) is 37.4 Å². The lowest BCUT2D eigenvalue weighted by Gasteiger charge is -2.09. The van der Waals surface area contributed by atoms with Crippen LogP contribution in [0.15, 0.2) is 65.5 Å². The summed E-state index contributed by atoms with van der Waals surface area (Å²) in [6.45, 7) is 0.346. The minimum Gasteiger partial charge on any atom is -0.497 e. The normalized spacial score (nSPS) is 10.5. The van der Waals surface area contributed by atoms with E-state index in [9.17, 15) is 9.59 Å². The lowest BCUT2D eigenvalue weighted by atomic mass is 10.1. The fourth-order valence-corrected chi connectivity index (χ4v) is 2.87. The van der Waals surface area contributed by atoms with Crippen LogP contribution in [0.1, 0.15) is 12.8 Å². The molecule has 0 fully saturated rings. The van der Waals surface area contributed by atoms with E-state index in [1.165, 1.54) is 10.7 Å². The van der Waals surface area contributed by atoms with Crippen LogP contribution in [0.3, 0.4) is 0 Å². The third-order valence-electron chi connectivity index (χ3n) is 4.17. The van der Waals surface area contributed by atoms with Crippen LogP contribution in [0.4, 0.5) is 5.69 Å². The van der Waals surface area contributed by atoms with Crippen LogP contribution in [-0.4, -0.2) is 22.8 Å². The second kappa shape index (κ2) is 9.19. The number of anilines is 1. The maximum absolute atomic E-state index is 12.1. The second-order valence-corrected chi connectivity index (χ2v) is 6.55. The predicted molar refractivity (Wildman–Crippen MR) is 110 cm³/mol. The molecule has 0 aliphatic carbocycles. The number of hydrogen-bond donors (Lipinski definition) is 1. The fraction of sp³-hybridized carbons (Fsp3) is 0.190. The van der Waals surface area contributed by atoms with Gasteiger partial charge in [0.25, 0.3) is 5.56 Å². The summed E-state index contributed by atoms with van der Waals surface area (Å²) in [6, 6.07) is 17.7. The van der Waals surface area contributed by atoms with Crippen molar-refractivity contribution in [3.05, 3.63) is 76.0 Å². The van der Waals surface area contributed by atoms with Crippen molar-refractivity contribution < 1.29 is 9.53 Å². The molecule has 0 saturated carbocycles. The highest BCUT2D eigenvalue weighted by Gasteiger charge is 2.07. The van der Waals surface area contributed by atoms with Crippen LogP contribution >= 0.6 is 11.6 Å². The number of aromatic nitrogens is 2. The third-order valence-corrected chi connectivity index (χ3v) is 4.50. The zero-order chi connectivity index (χ0) is 19.9. The number of rotatable bonds is 7. The monoisotopic (exact) mass is 397 g/mol. The van der Waals surface area contributed by atoms with Gasteiger partial charge in [0.15, 0.2) is 0 Å². The summed E-state index contributed by atoms with van der Waals surface area (Å²) < 4.78 is 6.53. The van der Waals surface area contributed by atoms with Gasteiger partial charge < -0.3 is 10.1 Å². The van der Waals surface area contributed by atoms with Crippen molar-refractivity contribution in [2.75, 3.05) is 12.4 Å². The Hall–Kier alpha value is -3.12. The fourth-order valence-electron chi connectivity index (χ4n) is 2.69. The molecule has 2 aromatic carbocycles. The van der Waals surface area contributed by atoms with Crippen LogP contribution in [0.25, 0.3) is 11.3 Å². The Morgan fingerprint density at radius 3 is 2.57 bits per heavy atom. The molecule has 0 spiro atoms. The Morgan fingerprint density at radius 1 is 1.11 bits per heavy atom. The molecule has 0 atom stereocenters. The number of aryl methyl sites for hydroxylation is 1. The average Bonchev–Trinajstić information content (AvgIpc) is 2.71. The molecule has 1 N–H and O–H groups in total. The van der Waals surface area contributed by atoms with Gasteiger partial charge in [-0.25, -0.2) is 4.68 Å². The number of carbonyl (C=O) groups is 1. The second-order valence-electron chi connectivity index (χ2n) is 6.14. The van der Waals surface area contributed by atoms with Crippen molar-refractivity contribution in [1.82, 2.24) is 9.78 Å². The van der Waals surface area contributed by atoms with Gasteiger partial charge in [-0.05, 0) is 48.9 Å². The lowest BCUT2D eigenvalue weighted by Crippen LogP contribution is -2.23. The first kappa shape index (κ1) is 19.6. The Bertz CT molecular complexity index is 1020. The molecular weight excluding hydrogens is 378 g/mol. The number of halogens is 1. The Kier molecular flexibility index (Phi) is 6.45. The highest BCUT2D eigenvalue weighted by molar-refractivity contribution is 6.33. The Labute approximate surface area is 167 Å². The number of methoxy groups -OCH3 is 1. The molecule has 3 rings (SSSR count). The molecule has 6 nitrogen and oxygen atoms in total. The Morgan fingerprint density at radius 2 is 1.86 bits per heavy atom. The van der Waals surface area contributed by atoms with Crippen LogP contribution in [-0.2, 0) is 11.3 Å². The first-order valence-electron chi connectivity index (χ1n) is 8.84. The molecule has 144 valence electrons. The third kappa shape index (κ3) is 4.98. The number of amides is 1. The van der Waals surface area contributed by atoms with Crippen molar-refractivity contribution >= 4 is 23.2 Å². The summed E-state index contributed by atoms with van der Waals surface area (Å²) in [5.74, 6) is 0.592. The summed E-state index contributed by atoms with van der Waals surface area (Å²) in [6.07, 6.45) is 0.737. The number of benzene rings is 2. The number of hydrogen-bond acceptors (Lipinski definition) is 4. The quantitative estimate of drug-likeness (QED) is 0.654. The minimum absolute atomic E-state index is 0.160. The number of nitrogens with zero attached hydrogens (tertiary/aromatic N) is 2. The molecule has 0 aliphatic heterocycles.